The lowest BCUT2D eigenvalue weighted by Crippen LogP contribution is -2.13. The van der Waals surface area contributed by atoms with E-state index in [9.17, 15) is 9.18 Å². The zero-order chi connectivity index (χ0) is 11.4. The van der Waals surface area contributed by atoms with Gasteiger partial charge in [0.25, 0.3) is 0 Å². The van der Waals surface area contributed by atoms with Crippen molar-refractivity contribution >= 4 is 18.1 Å². The number of hydrogen-bond acceptors (Lipinski definition) is 4. The van der Waals surface area contributed by atoms with E-state index in [2.05, 4.69) is 9.98 Å². The molecule has 2 rings (SSSR count). The van der Waals surface area contributed by atoms with Gasteiger partial charge in [0, 0.05) is 6.21 Å². The van der Waals surface area contributed by atoms with Crippen LogP contribution in [0.2, 0.25) is 0 Å². The minimum Gasteiger partial charge on any atom is -0.439 e. The molecule has 1 aromatic carbocycles. The number of rotatable bonds is 1. The number of benzene rings is 1. The van der Waals surface area contributed by atoms with E-state index in [-0.39, 0.29) is 17.5 Å². The Hall–Kier alpha value is -2.26. The van der Waals surface area contributed by atoms with E-state index in [1.807, 2.05) is 0 Å². The van der Waals surface area contributed by atoms with Gasteiger partial charge in [0.1, 0.15) is 0 Å². The molecule has 0 spiro atoms. The summed E-state index contributed by atoms with van der Waals surface area (Å²) in [5.74, 6) is 1.25. The maximum absolute atomic E-state index is 13.2. The van der Waals surface area contributed by atoms with Crippen LogP contribution in [0.5, 0.6) is 5.75 Å². The van der Waals surface area contributed by atoms with Gasteiger partial charge in [-0.3, -0.25) is 0 Å². The van der Waals surface area contributed by atoms with Crippen molar-refractivity contribution in [1.29, 1.82) is 0 Å². The van der Waals surface area contributed by atoms with Gasteiger partial charge in [0.2, 0.25) is 11.7 Å². The van der Waals surface area contributed by atoms with Crippen molar-refractivity contribution in [2.75, 3.05) is 0 Å². The first-order chi connectivity index (χ1) is 7.79. The molecule has 0 amide bonds. The lowest BCUT2D eigenvalue weighted by Gasteiger charge is -2.09. The predicted molar refractivity (Wildman–Crippen MR) is 56.8 cm³/mol. The monoisotopic (exact) mass is 218 g/mol. The molecule has 0 fully saturated rings. The van der Waals surface area contributed by atoms with E-state index < -0.39 is 5.82 Å². The molecule has 1 aromatic rings. The van der Waals surface area contributed by atoms with Gasteiger partial charge in [-0.15, -0.1) is 0 Å². The molecule has 0 aliphatic carbocycles. The molecule has 1 aliphatic rings. The normalized spacial score (nSPS) is 14.3. The van der Waals surface area contributed by atoms with Crippen molar-refractivity contribution in [3.05, 3.63) is 35.9 Å². The first kappa shape index (κ1) is 10.3. The van der Waals surface area contributed by atoms with E-state index in [0.717, 1.165) is 0 Å². The second-order valence-corrected chi connectivity index (χ2v) is 2.98. The molecule has 0 unspecified atom stereocenters. The Morgan fingerprint density at radius 1 is 1.38 bits per heavy atom. The number of carbonyl (C=O) groups excluding carboxylic acids is 1. The number of nitrogens with zero attached hydrogens (tertiary/aromatic N) is 2. The first-order valence-corrected chi connectivity index (χ1v) is 4.57. The molecule has 0 N–H and O–H groups in total. The van der Waals surface area contributed by atoms with Crippen LogP contribution in [0.25, 0.3) is 0 Å². The van der Waals surface area contributed by atoms with Crippen molar-refractivity contribution in [1.82, 2.24) is 0 Å². The smallest absolute Gasteiger partial charge is 0.241 e. The first-order valence-electron chi connectivity index (χ1n) is 4.57. The average Bonchev–Trinajstić information content (AvgIpc) is 2.32. The topological polar surface area (TPSA) is 51.0 Å². The fourth-order valence-electron chi connectivity index (χ4n) is 1.17. The fraction of sp³-hybridized carbons (Fsp3) is 0.0909. The molecule has 0 saturated carbocycles. The van der Waals surface area contributed by atoms with Gasteiger partial charge in [-0.05, 0) is 12.1 Å². The lowest BCUT2D eigenvalue weighted by atomic mass is 10.3. The van der Waals surface area contributed by atoms with Crippen LogP contribution >= 0.6 is 0 Å². The highest BCUT2D eigenvalue weighted by atomic mass is 19.1. The second-order valence-electron chi connectivity index (χ2n) is 2.98. The largest absolute Gasteiger partial charge is 0.439 e. The van der Waals surface area contributed by atoms with Crippen LogP contribution < -0.4 is 4.74 Å². The molecule has 4 nitrogen and oxygen atoms in total. The highest BCUT2D eigenvalue weighted by molar-refractivity contribution is 5.94. The van der Waals surface area contributed by atoms with Crippen LogP contribution in [0.1, 0.15) is 6.42 Å². The average molecular weight is 218 g/mol. The minimum absolute atomic E-state index is 0.0711. The number of ether oxygens (including phenoxy) is 1. The summed E-state index contributed by atoms with van der Waals surface area (Å²) in [7, 11) is 0. The Morgan fingerprint density at radius 2 is 2.19 bits per heavy atom. The van der Waals surface area contributed by atoms with Gasteiger partial charge in [0.05, 0.1) is 6.42 Å². The third kappa shape index (κ3) is 2.21. The maximum Gasteiger partial charge on any atom is 0.241 e. The SMILES string of the molecule is O=C=C1N=CCC(Oc2ccccc2F)=N1. The molecule has 0 saturated heterocycles. The molecule has 1 aliphatic heterocycles. The Kier molecular flexibility index (Phi) is 2.89. The maximum atomic E-state index is 13.2. The van der Waals surface area contributed by atoms with Crippen LogP contribution in [-0.2, 0) is 4.79 Å². The number of halogens is 1. The van der Waals surface area contributed by atoms with E-state index in [1.54, 1.807) is 18.1 Å². The molecular weight excluding hydrogens is 211 g/mol. The van der Waals surface area contributed by atoms with Crippen molar-refractivity contribution in [3.8, 4) is 5.75 Å². The van der Waals surface area contributed by atoms with Crippen molar-refractivity contribution in [3.63, 3.8) is 0 Å². The summed E-state index contributed by atoms with van der Waals surface area (Å²) in [6.45, 7) is 0. The fourth-order valence-corrected chi connectivity index (χ4v) is 1.17. The van der Waals surface area contributed by atoms with Crippen LogP contribution in [0, 0.1) is 5.82 Å². The predicted octanol–water partition coefficient (Wildman–Crippen LogP) is 1.75. The van der Waals surface area contributed by atoms with E-state index in [4.69, 9.17) is 4.74 Å². The van der Waals surface area contributed by atoms with Gasteiger partial charge in [-0.1, -0.05) is 12.1 Å². The molecule has 16 heavy (non-hydrogen) atoms. The van der Waals surface area contributed by atoms with Crippen molar-refractivity contribution < 1.29 is 13.9 Å². The quantitative estimate of drug-likeness (QED) is 0.674. The lowest BCUT2D eigenvalue weighted by molar-refractivity contribution is 0.484. The molecule has 0 radical (unpaired) electrons. The van der Waals surface area contributed by atoms with Gasteiger partial charge in [0.15, 0.2) is 17.5 Å². The Labute approximate surface area is 90.8 Å². The molecular formula is C11H7FN2O2. The highest BCUT2D eigenvalue weighted by Gasteiger charge is 2.10. The van der Waals surface area contributed by atoms with Gasteiger partial charge < -0.3 is 4.74 Å². The van der Waals surface area contributed by atoms with Crippen LogP contribution in [-0.4, -0.2) is 18.1 Å². The zero-order valence-corrected chi connectivity index (χ0v) is 8.18. The summed E-state index contributed by atoms with van der Waals surface area (Å²) in [6.07, 6.45) is 1.78. The van der Waals surface area contributed by atoms with Crippen molar-refractivity contribution in [2.45, 2.75) is 6.42 Å². The third-order valence-corrected chi connectivity index (χ3v) is 1.87. The third-order valence-electron chi connectivity index (χ3n) is 1.87. The summed E-state index contributed by atoms with van der Waals surface area (Å²) >= 11 is 0. The second kappa shape index (κ2) is 4.51. The van der Waals surface area contributed by atoms with E-state index >= 15 is 0 Å². The summed E-state index contributed by atoms with van der Waals surface area (Å²) in [6, 6.07) is 5.96. The van der Waals surface area contributed by atoms with Gasteiger partial charge in [-0.2, -0.15) is 4.99 Å². The highest BCUT2D eigenvalue weighted by Crippen LogP contribution is 2.17. The Balaban J connectivity index is 2.20. The Morgan fingerprint density at radius 3 is 2.94 bits per heavy atom. The van der Waals surface area contributed by atoms with Gasteiger partial charge in [-0.25, -0.2) is 14.2 Å². The summed E-state index contributed by atoms with van der Waals surface area (Å²) in [4.78, 5) is 17.7. The summed E-state index contributed by atoms with van der Waals surface area (Å²) < 4.78 is 18.4. The number of para-hydroxylation sites is 1. The van der Waals surface area contributed by atoms with Crippen LogP contribution in [0.15, 0.2) is 40.1 Å². The molecule has 80 valence electrons. The molecule has 5 heteroatoms. The summed E-state index contributed by atoms with van der Waals surface area (Å²) in [5.41, 5.74) is 0. The Bertz CT molecular complexity index is 516. The van der Waals surface area contributed by atoms with Crippen LogP contribution in [0.3, 0.4) is 0 Å². The molecule has 0 bridgehead atoms. The molecule has 0 aromatic heterocycles. The number of hydrogen-bond donors (Lipinski definition) is 0. The minimum atomic E-state index is -0.482. The van der Waals surface area contributed by atoms with Gasteiger partial charge >= 0.3 is 0 Å². The molecule has 1 heterocycles. The number of aliphatic imine (C=N–C) groups is 2. The summed E-state index contributed by atoms with van der Waals surface area (Å²) in [5, 5.41) is 0. The standard InChI is InChI=1S/C11H7FN2O2/c12-8-3-1-2-4-9(8)16-11-5-6-13-10(7-15)14-11/h1-4,6H,5H2. The van der Waals surface area contributed by atoms with E-state index in [0.29, 0.717) is 6.42 Å². The van der Waals surface area contributed by atoms with E-state index in [1.165, 1.54) is 18.3 Å². The zero-order valence-electron chi connectivity index (χ0n) is 8.18. The van der Waals surface area contributed by atoms with Crippen molar-refractivity contribution in [2.24, 2.45) is 9.98 Å². The van der Waals surface area contributed by atoms with Crippen LogP contribution in [0.4, 0.5) is 4.39 Å². The molecule has 0 atom stereocenters.